The van der Waals surface area contributed by atoms with Crippen LogP contribution in [-0.4, -0.2) is 4.57 Å². The Morgan fingerprint density at radius 2 is 1.13 bits per heavy atom. The highest BCUT2D eigenvalue weighted by molar-refractivity contribution is 6.10. The van der Waals surface area contributed by atoms with Crippen molar-refractivity contribution in [3.8, 4) is 22.9 Å². The van der Waals surface area contributed by atoms with Crippen LogP contribution in [0, 0.1) is 17.9 Å². The minimum atomic E-state index is -0.199. The van der Waals surface area contributed by atoms with Crippen molar-refractivity contribution in [3.63, 3.8) is 0 Å². The zero-order chi connectivity index (χ0) is 30.7. The van der Waals surface area contributed by atoms with Gasteiger partial charge in [-0.2, -0.15) is 5.26 Å². The molecule has 4 heteroatoms. The van der Waals surface area contributed by atoms with Crippen LogP contribution in [0.3, 0.4) is 0 Å². The lowest BCUT2D eigenvalue weighted by atomic mass is 9.73. The van der Waals surface area contributed by atoms with Gasteiger partial charge in [-0.15, -0.1) is 0 Å². The summed E-state index contributed by atoms with van der Waals surface area (Å²) >= 11 is 0. The van der Waals surface area contributed by atoms with E-state index in [1.807, 2.05) is 30.3 Å². The molecule has 2 heterocycles. The lowest BCUT2D eigenvalue weighted by molar-refractivity contribution is 0.632. The molecule has 0 aliphatic carbocycles. The molecule has 0 bridgehead atoms. The summed E-state index contributed by atoms with van der Waals surface area (Å²) in [5.74, 6) is 0. The molecule has 1 aliphatic rings. The molecule has 4 nitrogen and oxygen atoms in total. The van der Waals surface area contributed by atoms with Gasteiger partial charge in [-0.05, 0) is 71.3 Å². The van der Waals surface area contributed by atoms with Gasteiger partial charge in [0.05, 0.1) is 52.0 Å². The molecule has 0 saturated carbocycles. The van der Waals surface area contributed by atoms with E-state index in [1.165, 1.54) is 21.9 Å². The van der Waals surface area contributed by atoms with Gasteiger partial charge in [-0.3, -0.25) is 0 Å². The Hall–Kier alpha value is -6.10. The third kappa shape index (κ3) is 3.90. The lowest BCUT2D eigenvalue weighted by Gasteiger charge is -2.42. The third-order valence-corrected chi connectivity index (χ3v) is 9.22. The Balaban J connectivity index is 1.48. The van der Waals surface area contributed by atoms with Crippen molar-refractivity contribution in [3.05, 3.63) is 162 Å². The van der Waals surface area contributed by atoms with Gasteiger partial charge in [0.25, 0.3) is 0 Å². The SMILES string of the molecule is [C-]#[N+]c1ccc(N2c3ccccc3C(C)(C)c3ccccc32)c(-c2cc(C#N)ccc2-n2c3ccccc3c3ccccc32)c1. The fraction of sp³-hybridized carbons (Fsp3) is 0.0732. The zero-order valence-electron chi connectivity index (χ0n) is 25.0. The van der Waals surface area contributed by atoms with E-state index in [-0.39, 0.29) is 5.41 Å². The number of hydrogen-bond acceptors (Lipinski definition) is 2. The molecule has 0 N–H and O–H groups in total. The van der Waals surface area contributed by atoms with Crippen LogP contribution in [0.2, 0.25) is 0 Å². The van der Waals surface area contributed by atoms with Gasteiger partial charge in [-0.25, -0.2) is 4.85 Å². The van der Waals surface area contributed by atoms with Gasteiger partial charge in [0.15, 0.2) is 5.69 Å². The molecule has 0 radical (unpaired) electrons. The molecule has 8 rings (SSSR count). The normalized spacial score (nSPS) is 13.2. The average Bonchev–Trinajstić information content (AvgIpc) is 3.42. The molecule has 7 aromatic rings. The summed E-state index contributed by atoms with van der Waals surface area (Å²) in [5.41, 5.74) is 11.4. The van der Waals surface area contributed by atoms with Crippen LogP contribution in [-0.2, 0) is 5.41 Å². The topological polar surface area (TPSA) is 36.3 Å². The molecule has 0 spiro atoms. The van der Waals surface area contributed by atoms with Crippen molar-refractivity contribution in [1.29, 1.82) is 5.26 Å². The van der Waals surface area contributed by atoms with Crippen molar-refractivity contribution in [2.45, 2.75) is 19.3 Å². The Kier molecular flexibility index (Phi) is 5.88. The largest absolute Gasteiger partial charge is 0.309 e. The molecule has 6 aromatic carbocycles. The quantitative estimate of drug-likeness (QED) is 0.196. The number of rotatable bonds is 3. The number of hydrogen-bond donors (Lipinski definition) is 0. The lowest BCUT2D eigenvalue weighted by Crippen LogP contribution is -2.30. The van der Waals surface area contributed by atoms with Gasteiger partial charge in [0, 0.05) is 21.8 Å². The molecule has 0 atom stereocenters. The van der Waals surface area contributed by atoms with Crippen molar-refractivity contribution in [2.24, 2.45) is 0 Å². The summed E-state index contributed by atoms with van der Waals surface area (Å²) in [4.78, 5) is 6.18. The number of fused-ring (bicyclic) bond motifs is 5. The van der Waals surface area contributed by atoms with Gasteiger partial charge in [0.1, 0.15) is 0 Å². The predicted molar refractivity (Wildman–Crippen MR) is 184 cm³/mol. The maximum Gasteiger partial charge on any atom is 0.188 e. The molecular weight excluding hydrogens is 548 g/mol. The molecular formula is C41H28N4. The van der Waals surface area contributed by atoms with Gasteiger partial charge in [0.2, 0.25) is 0 Å². The Labute approximate surface area is 262 Å². The highest BCUT2D eigenvalue weighted by atomic mass is 15.2. The van der Waals surface area contributed by atoms with Crippen molar-refractivity contribution >= 4 is 44.6 Å². The van der Waals surface area contributed by atoms with Crippen LogP contribution >= 0.6 is 0 Å². The van der Waals surface area contributed by atoms with Crippen LogP contribution in [0.15, 0.2) is 133 Å². The molecule has 0 saturated heterocycles. The first-order valence-corrected chi connectivity index (χ1v) is 15.0. The average molecular weight is 577 g/mol. The summed E-state index contributed by atoms with van der Waals surface area (Å²) in [7, 11) is 0. The number of para-hydroxylation sites is 4. The van der Waals surface area contributed by atoms with E-state index >= 15 is 0 Å². The third-order valence-electron chi connectivity index (χ3n) is 9.22. The second-order valence-electron chi connectivity index (χ2n) is 12.0. The Morgan fingerprint density at radius 3 is 1.73 bits per heavy atom. The van der Waals surface area contributed by atoms with E-state index in [2.05, 4.69) is 137 Å². The summed E-state index contributed by atoms with van der Waals surface area (Å²) in [6.07, 6.45) is 0. The molecule has 1 aromatic heterocycles. The van der Waals surface area contributed by atoms with E-state index in [4.69, 9.17) is 6.57 Å². The first-order chi connectivity index (χ1) is 22.0. The smallest absolute Gasteiger partial charge is 0.188 e. The number of benzene rings is 6. The summed E-state index contributed by atoms with van der Waals surface area (Å²) in [6.45, 7) is 12.5. The van der Waals surface area contributed by atoms with Crippen molar-refractivity contribution in [1.82, 2.24) is 4.57 Å². The van der Waals surface area contributed by atoms with E-state index < -0.39 is 0 Å². The second-order valence-corrected chi connectivity index (χ2v) is 12.0. The molecule has 0 unspecified atom stereocenters. The van der Waals surface area contributed by atoms with Crippen LogP contribution in [0.25, 0.3) is 43.5 Å². The fourth-order valence-electron chi connectivity index (χ4n) is 7.13. The Morgan fingerprint density at radius 1 is 0.600 bits per heavy atom. The second kappa shape index (κ2) is 9.98. The van der Waals surface area contributed by atoms with Crippen molar-refractivity contribution < 1.29 is 0 Å². The standard InChI is InChI=1S/C41H28N4/c1-41(2)33-14-6-10-18-39(33)45(40-19-11-7-15-34(40)41)38-23-21-28(43-3)25-32(38)31-24-27(26-42)20-22-37(31)44-35-16-8-4-12-29(35)30-13-5-9-17-36(30)44/h4-25H,1-2H3. The number of aromatic nitrogens is 1. The maximum atomic E-state index is 10.1. The highest BCUT2D eigenvalue weighted by Gasteiger charge is 2.37. The van der Waals surface area contributed by atoms with E-state index in [0.717, 1.165) is 44.9 Å². The number of anilines is 3. The van der Waals surface area contributed by atoms with Gasteiger partial charge in [-0.1, -0.05) is 92.7 Å². The van der Waals surface area contributed by atoms with Crippen molar-refractivity contribution in [2.75, 3.05) is 4.90 Å². The minimum Gasteiger partial charge on any atom is -0.309 e. The predicted octanol–water partition coefficient (Wildman–Crippen LogP) is 11.0. The summed E-state index contributed by atoms with van der Waals surface area (Å²) < 4.78 is 2.29. The van der Waals surface area contributed by atoms with Gasteiger partial charge >= 0.3 is 0 Å². The fourth-order valence-corrected chi connectivity index (χ4v) is 7.13. The number of nitrogens with zero attached hydrogens (tertiary/aromatic N) is 4. The van der Waals surface area contributed by atoms with Crippen LogP contribution in [0.4, 0.5) is 22.7 Å². The molecule has 0 amide bonds. The minimum absolute atomic E-state index is 0.199. The summed E-state index contributed by atoms with van der Waals surface area (Å²) in [5, 5.41) is 12.4. The first-order valence-electron chi connectivity index (χ1n) is 15.0. The first kappa shape index (κ1) is 26.5. The van der Waals surface area contributed by atoms with Gasteiger partial charge < -0.3 is 9.47 Å². The van der Waals surface area contributed by atoms with E-state index in [1.54, 1.807) is 0 Å². The Bertz CT molecular complexity index is 2290. The van der Waals surface area contributed by atoms with Crippen LogP contribution < -0.4 is 4.90 Å². The number of nitriles is 1. The van der Waals surface area contributed by atoms with E-state index in [9.17, 15) is 5.26 Å². The highest BCUT2D eigenvalue weighted by Crippen LogP contribution is 2.54. The van der Waals surface area contributed by atoms with Crippen LogP contribution in [0.5, 0.6) is 0 Å². The van der Waals surface area contributed by atoms with E-state index in [0.29, 0.717) is 11.3 Å². The monoisotopic (exact) mass is 576 g/mol. The van der Waals surface area contributed by atoms with Crippen LogP contribution in [0.1, 0.15) is 30.5 Å². The molecule has 212 valence electrons. The maximum absolute atomic E-state index is 10.1. The zero-order valence-corrected chi connectivity index (χ0v) is 25.0. The summed E-state index contributed by atoms with van der Waals surface area (Å²) in [6, 6.07) is 48.2. The molecule has 45 heavy (non-hydrogen) atoms. The molecule has 1 aliphatic heterocycles. The molecule has 0 fully saturated rings.